The van der Waals surface area contributed by atoms with Gasteiger partial charge in [0.1, 0.15) is 16.7 Å². The van der Waals surface area contributed by atoms with E-state index in [-0.39, 0.29) is 11.3 Å². The van der Waals surface area contributed by atoms with E-state index in [1.54, 1.807) is 6.20 Å². The van der Waals surface area contributed by atoms with Crippen molar-refractivity contribution in [2.75, 3.05) is 5.32 Å². The number of nitrogens with zero attached hydrogens (tertiary/aromatic N) is 5. The molecule has 0 bridgehead atoms. The number of nitrogens with one attached hydrogen (secondary N) is 1. The summed E-state index contributed by atoms with van der Waals surface area (Å²) >= 11 is 1.48. The molecule has 1 saturated carbocycles. The van der Waals surface area contributed by atoms with E-state index in [2.05, 4.69) is 45.8 Å². The van der Waals surface area contributed by atoms with Gasteiger partial charge in [0.15, 0.2) is 0 Å². The summed E-state index contributed by atoms with van der Waals surface area (Å²) in [7, 11) is 0. The zero-order valence-electron chi connectivity index (χ0n) is 17.0. The van der Waals surface area contributed by atoms with Crippen molar-refractivity contribution < 1.29 is 4.79 Å². The van der Waals surface area contributed by atoms with Gasteiger partial charge in [-0.2, -0.15) is 0 Å². The van der Waals surface area contributed by atoms with Crippen LogP contribution in [0, 0.1) is 0 Å². The van der Waals surface area contributed by atoms with Gasteiger partial charge in [0.05, 0.1) is 5.69 Å². The Bertz CT molecular complexity index is 1050. The van der Waals surface area contributed by atoms with Crippen LogP contribution in [-0.2, 0) is 10.2 Å². The van der Waals surface area contributed by atoms with Crippen LogP contribution in [0.2, 0.25) is 0 Å². The molecular formula is C21H24N6OS. The molecule has 8 heteroatoms. The molecule has 0 saturated heterocycles. The molecular weight excluding hydrogens is 384 g/mol. The Balaban J connectivity index is 1.72. The molecule has 1 aliphatic rings. The Morgan fingerprint density at radius 2 is 2.00 bits per heavy atom. The highest BCUT2D eigenvalue weighted by Crippen LogP contribution is 2.42. The first-order valence-electron chi connectivity index (χ1n) is 9.66. The van der Waals surface area contributed by atoms with Crippen molar-refractivity contribution in [2.45, 2.75) is 62.1 Å². The summed E-state index contributed by atoms with van der Waals surface area (Å²) in [6.45, 7) is 7.79. The third kappa shape index (κ3) is 4.48. The summed E-state index contributed by atoms with van der Waals surface area (Å²) in [5, 5.41) is 13.4. The van der Waals surface area contributed by atoms with Crippen molar-refractivity contribution in [3.8, 4) is 5.69 Å². The third-order valence-electron chi connectivity index (χ3n) is 4.52. The predicted octanol–water partition coefficient (Wildman–Crippen LogP) is 4.34. The van der Waals surface area contributed by atoms with E-state index in [9.17, 15) is 4.79 Å². The number of carbonyl (C=O) groups is 1. The molecule has 0 spiro atoms. The number of anilines is 1. The van der Waals surface area contributed by atoms with Crippen LogP contribution in [-0.4, -0.2) is 30.6 Å². The molecule has 1 fully saturated rings. The minimum atomic E-state index is -0.129. The van der Waals surface area contributed by atoms with E-state index in [1.807, 2.05) is 30.3 Å². The number of rotatable bonds is 5. The van der Waals surface area contributed by atoms with Crippen LogP contribution < -0.4 is 5.32 Å². The van der Waals surface area contributed by atoms with Gasteiger partial charge in [-0.15, -0.1) is 10.2 Å². The minimum Gasteiger partial charge on any atom is -0.326 e. The summed E-state index contributed by atoms with van der Waals surface area (Å²) < 4.78 is 2.08. The lowest BCUT2D eigenvalue weighted by molar-refractivity contribution is -0.114. The Morgan fingerprint density at radius 1 is 1.21 bits per heavy atom. The molecule has 2 aromatic heterocycles. The van der Waals surface area contributed by atoms with Crippen LogP contribution in [0.1, 0.15) is 58.1 Å². The summed E-state index contributed by atoms with van der Waals surface area (Å²) in [6.07, 6.45) is 4.03. The maximum atomic E-state index is 11.5. The van der Waals surface area contributed by atoms with Crippen molar-refractivity contribution in [1.82, 2.24) is 24.7 Å². The largest absolute Gasteiger partial charge is 0.326 e. The van der Waals surface area contributed by atoms with E-state index in [0.29, 0.717) is 5.92 Å². The minimum absolute atomic E-state index is 0.0985. The lowest BCUT2D eigenvalue weighted by Crippen LogP contribution is -2.15. The molecule has 7 nitrogen and oxygen atoms in total. The topological polar surface area (TPSA) is 85.6 Å². The second-order valence-electron chi connectivity index (χ2n) is 8.25. The molecule has 0 unspecified atom stereocenters. The first kappa shape index (κ1) is 19.6. The number of hydrogen-bond acceptors (Lipinski definition) is 6. The van der Waals surface area contributed by atoms with E-state index in [1.165, 1.54) is 18.7 Å². The van der Waals surface area contributed by atoms with Crippen molar-refractivity contribution in [2.24, 2.45) is 0 Å². The lowest BCUT2D eigenvalue weighted by atomic mass is 9.96. The monoisotopic (exact) mass is 408 g/mol. The Hall–Kier alpha value is -2.74. The van der Waals surface area contributed by atoms with E-state index >= 15 is 0 Å². The molecule has 1 aromatic carbocycles. The zero-order chi connectivity index (χ0) is 20.6. The van der Waals surface area contributed by atoms with Crippen LogP contribution in [0.25, 0.3) is 5.69 Å². The number of aromatic nitrogens is 5. The molecule has 0 atom stereocenters. The van der Waals surface area contributed by atoms with Crippen molar-refractivity contribution in [3.63, 3.8) is 0 Å². The molecule has 0 radical (unpaired) electrons. The maximum Gasteiger partial charge on any atom is 0.221 e. The second-order valence-corrected chi connectivity index (χ2v) is 9.24. The Kier molecular flexibility index (Phi) is 5.12. The van der Waals surface area contributed by atoms with Crippen LogP contribution >= 0.6 is 11.8 Å². The van der Waals surface area contributed by atoms with E-state index in [0.717, 1.165) is 46.0 Å². The van der Waals surface area contributed by atoms with Gasteiger partial charge in [-0.25, -0.2) is 9.97 Å². The summed E-state index contributed by atoms with van der Waals surface area (Å²) in [4.78, 5) is 20.6. The first-order valence-corrected chi connectivity index (χ1v) is 10.5. The molecule has 150 valence electrons. The molecule has 2 heterocycles. The van der Waals surface area contributed by atoms with Crippen LogP contribution in [0.15, 0.2) is 46.7 Å². The normalized spacial score (nSPS) is 14.1. The Morgan fingerprint density at radius 3 is 2.69 bits per heavy atom. The molecule has 29 heavy (non-hydrogen) atoms. The van der Waals surface area contributed by atoms with Gasteiger partial charge < -0.3 is 5.32 Å². The first-order chi connectivity index (χ1) is 13.8. The summed E-state index contributed by atoms with van der Waals surface area (Å²) in [6, 6.07) is 9.64. The molecule has 4 rings (SSSR count). The maximum absolute atomic E-state index is 11.5. The molecule has 1 amide bonds. The van der Waals surface area contributed by atoms with Gasteiger partial charge in [-0.3, -0.25) is 9.36 Å². The average Bonchev–Trinajstić information content (AvgIpc) is 3.42. The molecule has 0 aliphatic heterocycles. The molecule has 1 aliphatic carbocycles. The van der Waals surface area contributed by atoms with Crippen molar-refractivity contribution in [1.29, 1.82) is 0 Å². The molecule has 1 N–H and O–H groups in total. The second kappa shape index (κ2) is 7.59. The van der Waals surface area contributed by atoms with Crippen molar-refractivity contribution in [3.05, 3.63) is 48.2 Å². The van der Waals surface area contributed by atoms with E-state index < -0.39 is 0 Å². The van der Waals surface area contributed by atoms with Gasteiger partial charge in [0.25, 0.3) is 0 Å². The fourth-order valence-corrected chi connectivity index (χ4v) is 3.80. The van der Waals surface area contributed by atoms with Crippen molar-refractivity contribution >= 4 is 23.4 Å². The smallest absolute Gasteiger partial charge is 0.221 e. The number of benzene rings is 1. The van der Waals surface area contributed by atoms with Gasteiger partial charge in [0, 0.05) is 30.1 Å². The lowest BCUT2D eigenvalue weighted by Gasteiger charge is -2.16. The van der Waals surface area contributed by atoms with Crippen LogP contribution in [0.5, 0.6) is 0 Å². The Labute approximate surface area is 174 Å². The molecule has 3 aromatic rings. The van der Waals surface area contributed by atoms with Gasteiger partial charge in [-0.05, 0) is 48.9 Å². The van der Waals surface area contributed by atoms with Gasteiger partial charge in [0.2, 0.25) is 11.1 Å². The quantitative estimate of drug-likeness (QED) is 0.632. The van der Waals surface area contributed by atoms with Gasteiger partial charge >= 0.3 is 0 Å². The zero-order valence-corrected chi connectivity index (χ0v) is 17.8. The van der Waals surface area contributed by atoms with Crippen LogP contribution in [0.4, 0.5) is 5.69 Å². The average molecular weight is 409 g/mol. The summed E-state index contributed by atoms with van der Waals surface area (Å²) in [5.74, 6) is 2.08. The SMILES string of the molecule is CC(=O)Nc1cccc(-n2c(Sc3ccnc(C(C)(C)C)n3)nnc2C2CC2)c1. The highest BCUT2D eigenvalue weighted by atomic mass is 32.2. The highest BCUT2D eigenvalue weighted by molar-refractivity contribution is 7.99. The summed E-state index contributed by atoms with van der Waals surface area (Å²) in [5.41, 5.74) is 1.55. The van der Waals surface area contributed by atoms with E-state index in [4.69, 9.17) is 4.98 Å². The van der Waals surface area contributed by atoms with Crippen LogP contribution in [0.3, 0.4) is 0 Å². The number of hydrogen-bond donors (Lipinski definition) is 1. The predicted molar refractivity (Wildman–Crippen MR) is 112 cm³/mol. The fraction of sp³-hybridized carbons (Fsp3) is 0.381. The number of carbonyl (C=O) groups excluding carboxylic acids is 1. The number of amides is 1. The third-order valence-corrected chi connectivity index (χ3v) is 5.41. The standard InChI is InChI=1S/C21H24N6OS/c1-13(28)23-15-6-5-7-16(12-15)27-18(14-8-9-14)25-26-20(27)29-17-10-11-22-19(24-17)21(2,3)4/h5-7,10-12,14H,8-9H2,1-4H3,(H,23,28). The fourth-order valence-electron chi connectivity index (χ4n) is 2.98. The van der Waals surface area contributed by atoms with Gasteiger partial charge in [-0.1, -0.05) is 26.8 Å². The highest BCUT2D eigenvalue weighted by Gasteiger charge is 2.31.